The number of phenols is 1. The predicted octanol–water partition coefficient (Wildman–Crippen LogP) is 0.703. The molecule has 0 fully saturated rings. The van der Waals surface area contributed by atoms with E-state index in [-0.39, 0.29) is 11.5 Å². The molecule has 98 valence electrons. The molecule has 2 aromatic rings. The van der Waals surface area contributed by atoms with Gasteiger partial charge in [-0.3, -0.25) is 0 Å². The van der Waals surface area contributed by atoms with E-state index in [1.807, 2.05) is 0 Å². The lowest BCUT2D eigenvalue weighted by Crippen LogP contribution is -2.16. The van der Waals surface area contributed by atoms with Crippen molar-refractivity contribution in [1.82, 2.24) is 9.97 Å². The molecule has 18 heavy (non-hydrogen) atoms. The zero-order valence-electron chi connectivity index (χ0n) is 9.92. The molecule has 2 rings (SSSR count). The van der Waals surface area contributed by atoms with Crippen molar-refractivity contribution >= 4 is 20.9 Å². The number of nitrogens with one attached hydrogen (secondary N) is 1. The second kappa shape index (κ2) is 4.58. The second-order valence-corrected chi connectivity index (χ2v) is 6.61. The van der Waals surface area contributed by atoms with E-state index in [0.717, 1.165) is 0 Å². The van der Waals surface area contributed by atoms with Gasteiger partial charge in [0, 0.05) is 12.3 Å². The molecule has 0 aliphatic carbocycles. The highest BCUT2D eigenvalue weighted by Crippen LogP contribution is 2.20. The maximum atomic E-state index is 11.1. The summed E-state index contributed by atoms with van der Waals surface area (Å²) in [6.45, 7) is 0. The van der Waals surface area contributed by atoms with Gasteiger partial charge in [0.2, 0.25) is 0 Å². The van der Waals surface area contributed by atoms with Gasteiger partial charge in [-0.1, -0.05) is 0 Å². The summed E-state index contributed by atoms with van der Waals surface area (Å²) in [4.78, 5) is 7.25. The lowest BCUT2D eigenvalue weighted by molar-refractivity contribution is 0.476. The third-order valence-electron chi connectivity index (χ3n) is 2.63. The third kappa shape index (κ3) is 2.99. The molecule has 1 aromatic heterocycles. The smallest absolute Gasteiger partial charge is 0.147 e. The average molecular weight is 269 g/mol. The first-order valence-electron chi connectivity index (χ1n) is 5.47. The van der Waals surface area contributed by atoms with Crippen molar-refractivity contribution in [1.29, 1.82) is 0 Å². The molecule has 0 bridgehead atoms. The highest BCUT2D eigenvalue weighted by molar-refractivity contribution is 7.90. The Labute approximate surface area is 105 Å². The Morgan fingerprint density at radius 1 is 1.50 bits per heavy atom. The number of rotatable bonds is 4. The van der Waals surface area contributed by atoms with Gasteiger partial charge in [-0.25, -0.2) is 13.4 Å². The first kappa shape index (κ1) is 12.8. The van der Waals surface area contributed by atoms with Gasteiger partial charge in [-0.2, -0.15) is 0 Å². The highest BCUT2D eigenvalue weighted by Gasteiger charge is 2.14. The molecule has 6 nitrogen and oxygen atoms in total. The van der Waals surface area contributed by atoms with Gasteiger partial charge in [0.05, 0.1) is 22.8 Å². The van der Waals surface area contributed by atoms with Gasteiger partial charge in [0.25, 0.3) is 0 Å². The lowest BCUT2D eigenvalue weighted by atomic mass is 10.2. The van der Waals surface area contributed by atoms with Gasteiger partial charge in [-0.15, -0.1) is 0 Å². The number of nitrogens with zero attached hydrogens (tertiary/aromatic N) is 1. The largest absolute Gasteiger partial charge is 0.508 e. The number of aromatic amines is 1. The van der Waals surface area contributed by atoms with Crippen LogP contribution in [0.3, 0.4) is 0 Å². The Morgan fingerprint density at radius 2 is 2.22 bits per heavy atom. The molecule has 0 aliphatic heterocycles. The summed E-state index contributed by atoms with van der Waals surface area (Å²) < 4.78 is 22.1. The second-order valence-electron chi connectivity index (χ2n) is 4.35. The van der Waals surface area contributed by atoms with Crippen molar-refractivity contribution in [2.24, 2.45) is 5.73 Å². The van der Waals surface area contributed by atoms with Crippen LogP contribution in [0.1, 0.15) is 18.3 Å². The van der Waals surface area contributed by atoms with E-state index in [2.05, 4.69) is 9.97 Å². The Hall–Kier alpha value is -1.60. The first-order chi connectivity index (χ1) is 8.35. The Kier molecular flexibility index (Phi) is 3.27. The summed E-state index contributed by atoms with van der Waals surface area (Å²) in [5.41, 5.74) is 7.26. The summed E-state index contributed by atoms with van der Waals surface area (Å²) in [6.07, 6.45) is 1.49. The van der Waals surface area contributed by atoms with Crippen LogP contribution < -0.4 is 5.73 Å². The van der Waals surface area contributed by atoms with Crippen molar-refractivity contribution in [3.63, 3.8) is 0 Å². The zero-order chi connectivity index (χ0) is 13.3. The van der Waals surface area contributed by atoms with Crippen LogP contribution in [0.5, 0.6) is 5.75 Å². The average Bonchev–Trinajstić information content (AvgIpc) is 2.67. The normalized spacial score (nSPS) is 13.9. The number of sulfone groups is 1. The molecule has 0 saturated carbocycles. The van der Waals surface area contributed by atoms with E-state index in [1.54, 1.807) is 12.1 Å². The van der Waals surface area contributed by atoms with Crippen LogP contribution in [0, 0.1) is 0 Å². The van der Waals surface area contributed by atoms with Crippen LogP contribution in [0.2, 0.25) is 0 Å². The molecule has 4 N–H and O–H groups in total. The summed E-state index contributed by atoms with van der Waals surface area (Å²) in [5.74, 6) is 0.692. The molecule has 0 amide bonds. The van der Waals surface area contributed by atoms with Crippen molar-refractivity contribution < 1.29 is 13.5 Å². The summed E-state index contributed by atoms with van der Waals surface area (Å²) in [6, 6.07) is 4.30. The Bertz CT molecular complexity index is 663. The molecule has 1 unspecified atom stereocenters. The predicted molar refractivity (Wildman–Crippen MR) is 69.0 cm³/mol. The fraction of sp³-hybridized carbons (Fsp3) is 0.364. The number of phenolic OH excluding ortho intramolecular Hbond substituents is 1. The molecule has 0 saturated heterocycles. The minimum Gasteiger partial charge on any atom is -0.508 e. The fourth-order valence-corrected chi connectivity index (χ4v) is 2.35. The number of hydrogen-bond donors (Lipinski definition) is 3. The molecule has 7 heteroatoms. The lowest BCUT2D eigenvalue weighted by Gasteiger charge is -2.06. The fourth-order valence-electron chi connectivity index (χ4n) is 1.67. The van der Waals surface area contributed by atoms with Crippen LogP contribution in [-0.4, -0.2) is 35.5 Å². The number of nitrogens with two attached hydrogens (primary N) is 1. The minimum absolute atomic E-state index is 0.0243. The Morgan fingerprint density at radius 3 is 2.89 bits per heavy atom. The highest BCUT2D eigenvalue weighted by atomic mass is 32.2. The molecule has 1 atom stereocenters. The van der Waals surface area contributed by atoms with Gasteiger partial charge < -0.3 is 15.8 Å². The van der Waals surface area contributed by atoms with Crippen LogP contribution in [0.15, 0.2) is 18.2 Å². The monoisotopic (exact) mass is 269 g/mol. The SMILES string of the molecule is CS(=O)(=O)CCC(N)c1nc2ccc(O)cc2[nH]1. The topological polar surface area (TPSA) is 109 Å². The first-order valence-corrected chi connectivity index (χ1v) is 7.53. The Balaban J connectivity index is 2.20. The van der Waals surface area contributed by atoms with Crippen LogP contribution in [0.4, 0.5) is 0 Å². The quantitative estimate of drug-likeness (QED) is 0.757. The van der Waals surface area contributed by atoms with E-state index in [0.29, 0.717) is 23.3 Å². The number of imidazole rings is 1. The van der Waals surface area contributed by atoms with Crippen molar-refractivity contribution in [3.8, 4) is 5.75 Å². The van der Waals surface area contributed by atoms with Gasteiger partial charge in [0.15, 0.2) is 0 Å². The molecule has 0 radical (unpaired) electrons. The van der Waals surface area contributed by atoms with Gasteiger partial charge in [-0.05, 0) is 18.6 Å². The molecule has 1 heterocycles. The minimum atomic E-state index is -3.03. The summed E-state index contributed by atoms with van der Waals surface area (Å²) >= 11 is 0. The third-order valence-corrected chi connectivity index (χ3v) is 3.61. The van der Waals surface area contributed by atoms with Gasteiger partial charge in [0.1, 0.15) is 21.4 Å². The van der Waals surface area contributed by atoms with E-state index in [1.165, 1.54) is 12.3 Å². The van der Waals surface area contributed by atoms with Crippen LogP contribution >= 0.6 is 0 Å². The number of aromatic hydroxyl groups is 1. The number of aromatic nitrogens is 2. The number of fused-ring (bicyclic) bond motifs is 1. The molecular weight excluding hydrogens is 254 g/mol. The summed E-state index contributed by atoms with van der Waals surface area (Å²) in [5, 5.41) is 9.33. The van der Waals surface area contributed by atoms with Gasteiger partial charge >= 0.3 is 0 Å². The molecule has 0 spiro atoms. The standard InChI is InChI=1S/C11H15N3O3S/c1-18(16,17)5-4-8(12)11-13-9-3-2-7(15)6-10(9)14-11/h2-3,6,8,15H,4-5,12H2,1H3,(H,13,14). The van der Waals surface area contributed by atoms with Crippen LogP contribution in [-0.2, 0) is 9.84 Å². The maximum absolute atomic E-state index is 11.1. The maximum Gasteiger partial charge on any atom is 0.147 e. The number of H-pyrrole nitrogens is 1. The van der Waals surface area contributed by atoms with E-state index in [9.17, 15) is 13.5 Å². The van der Waals surface area contributed by atoms with Crippen molar-refractivity contribution in [2.45, 2.75) is 12.5 Å². The van der Waals surface area contributed by atoms with E-state index in [4.69, 9.17) is 5.73 Å². The number of hydrogen-bond acceptors (Lipinski definition) is 5. The van der Waals surface area contributed by atoms with E-state index >= 15 is 0 Å². The van der Waals surface area contributed by atoms with Crippen molar-refractivity contribution in [3.05, 3.63) is 24.0 Å². The summed E-state index contributed by atoms with van der Waals surface area (Å²) in [7, 11) is -3.03. The van der Waals surface area contributed by atoms with Crippen molar-refractivity contribution in [2.75, 3.05) is 12.0 Å². The zero-order valence-corrected chi connectivity index (χ0v) is 10.7. The van der Waals surface area contributed by atoms with Crippen LogP contribution in [0.25, 0.3) is 11.0 Å². The molecule has 1 aromatic carbocycles. The van der Waals surface area contributed by atoms with E-state index < -0.39 is 15.9 Å². The molecule has 0 aliphatic rings. The number of benzene rings is 1. The molecular formula is C11H15N3O3S.